The summed E-state index contributed by atoms with van der Waals surface area (Å²) in [6.45, 7) is 7.74. The van der Waals surface area contributed by atoms with E-state index in [0.29, 0.717) is 11.3 Å². The maximum atomic E-state index is 15.9. The van der Waals surface area contributed by atoms with Crippen molar-refractivity contribution in [2.24, 2.45) is 0 Å². The molecule has 13 heteroatoms. The molecule has 1 unspecified atom stereocenters. The SMILES string of the molecule is C=C(F)C(=O)N1CCC(n2c(=O)c(=O)n(-c3c(C)ccnc3C(C)C)c3nc(-c4c(O)cccc4F)c(F)cc32)C[C@H]1CO. The number of hydrogen-bond donors (Lipinski definition) is 2. The number of benzene rings is 1. The van der Waals surface area contributed by atoms with E-state index in [-0.39, 0.29) is 42.2 Å². The van der Waals surface area contributed by atoms with Gasteiger partial charge in [0, 0.05) is 24.8 Å². The molecule has 1 aliphatic heterocycles. The van der Waals surface area contributed by atoms with Gasteiger partial charge in [0.1, 0.15) is 17.3 Å². The lowest BCUT2D eigenvalue weighted by Gasteiger charge is -2.39. The van der Waals surface area contributed by atoms with Gasteiger partial charge < -0.3 is 15.1 Å². The van der Waals surface area contributed by atoms with E-state index in [0.717, 1.165) is 32.2 Å². The molecular weight excluding hydrogens is 579 g/mol. The quantitative estimate of drug-likeness (QED) is 0.249. The average Bonchev–Trinajstić information content (AvgIpc) is 2.98. The summed E-state index contributed by atoms with van der Waals surface area (Å²) in [5.74, 6) is -5.07. The molecule has 2 atom stereocenters. The second-order valence-corrected chi connectivity index (χ2v) is 11.0. The van der Waals surface area contributed by atoms with Gasteiger partial charge in [-0.3, -0.25) is 28.5 Å². The Bertz CT molecular complexity index is 1920. The lowest BCUT2D eigenvalue weighted by atomic mass is 9.96. The first-order chi connectivity index (χ1) is 20.9. The summed E-state index contributed by atoms with van der Waals surface area (Å²) in [4.78, 5) is 50.2. The minimum atomic E-state index is -1.21. The number of aliphatic hydroxyl groups is 1. The highest BCUT2D eigenvalue weighted by Crippen LogP contribution is 2.36. The van der Waals surface area contributed by atoms with E-state index in [2.05, 4.69) is 16.5 Å². The predicted octanol–water partition coefficient (Wildman–Crippen LogP) is 4.03. The molecule has 0 radical (unpaired) electrons. The zero-order valence-corrected chi connectivity index (χ0v) is 24.2. The number of aromatic nitrogens is 4. The fraction of sp³-hybridized carbons (Fsp3) is 0.323. The summed E-state index contributed by atoms with van der Waals surface area (Å²) in [5, 5.41) is 20.5. The Kier molecular flexibility index (Phi) is 8.17. The highest BCUT2D eigenvalue weighted by atomic mass is 19.1. The molecule has 0 aliphatic carbocycles. The number of fused-ring (bicyclic) bond motifs is 1. The van der Waals surface area contributed by atoms with E-state index in [4.69, 9.17) is 0 Å². The van der Waals surface area contributed by atoms with E-state index < -0.39 is 70.2 Å². The number of likely N-dealkylation sites (tertiary alicyclic amines) is 1. The lowest BCUT2D eigenvalue weighted by Crippen LogP contribution is -2.51. The molecule has 1 fully saturated rings. The number of aliphatic hydroxyl groups excluding tert-OH is 1. The predicted molar refractivity (Wildman–Crippen MR) is 156 cm³/mol. The van der Waals surface area contributed by atoms with Crippen LogP contribution in [0.3, 0.4) is 0 Å². The molecule has 0 saturated carbocycles. The topological polar surface area (TPSA) is 131 Å². The number of pyridine rings is 2. The molecular formula is C31H30F3N5O5. The number of phenolic OH excluding ortho intramolecular Hbond substituents is 1. The number of aromatic hydroxyl groups is 1. The molecule has 230 valence electrons. The number of piperidine rings is 1. The van der Waals surface area contributed by atoms with Crippen LogP contribution in [0.5, 0.6) is 5.75 Å². The lowest BCUT2D eigenvalue weighted by molar-refractivity contribution is -0.134. The molecule has 0 spiro atoms. The van der Waals surface area contributed by atoms with E-state index in [1.54, 1.807) is 19.2 Å². The van der Waals surface area contributed by atoms with Gasteiger partial charge in [0.2, 0.25) is 0 Å². The maximum Gasteiger partial charge on any atom is 0.322 e. The molecule has 1 saturated heterocycles. The molecule has 1 aromatic carbocycles. The number of amides is 1. The van der Waals surface area contributed by atoms with Crippen molar-refractivity contribution in [2.45, 2.75) is 51.6 Å². The highest BCUT2D eigenvalue weighted by Gasteiger charge is 2.35. The van der Waals surface area contributed by atoms with Crippen LogP contribution in [0, 0.1) is 18.6 Å². The minimum absolute atomic E-state index is 0.0502. The van der Waals surface area contributed by atoms with Crippen LogP contribution in [0.25, 0.3) is 28.1 Å². The van der Waals surface area contributed by atoms with E-state index in [1.807, 2.05) is 13.8 Å². The average molecular weight is 610 g/mol. The van der Waals surface area contributed by atoms with Gasteiger partial charge in [0.15, 0.2) is 17.3 Å². The Morgan fingerprint density at radius 1 is 1.16 bits per heavy atom. The van der Waals surface area contributed by atoms with Gasteiger partial charge in [0.05, 0.1) is 35.1 Å². The third-order valence-electron chi connectivity index (χ3n) is 7.92. The molecule has 44 heavy (non-hydrogen) atoms. The molecule has 0 bridgehead atoms. The summed E-state index contributed by atoms with van der Waals surface area (Å²) in [6.07, 6.45) is 1.53. The third-order valence-corrected chi connectivity index (χ3v) is 7.92. The van der Waals surface area contributed by atoms with Crippen LogP contribution in [-0.2, 0) is 4.79 Å². The summed E-state index contributed by atoms with van der Waals surface area (Å²) in [5.41, 5.74) is -2.27. The van der Waals surface area contributed by atoms with E-state index in [1.165, 1.54) is 6.07 Å². The first-order valence-corrected chi connectivity index (χ1v) is 13.9. The smallest absolute Gasteiger partial charge is 0.322 e. The second kappa shape index (κ2) is 11.7. The largest absolute Gasteiger partial charge is 0.507 e. The Balaban J connectivity index is 1.85. The fourth-order valence-electron chi connectivity index (χ4n) is 5.85. The number of nitrogens with zero attached hydrogens (tertiary/aromatic N) is 5. The van der Waals surface area contributed by atoms with Crippen LogP contribution in [0.15, 0.2) is 58.5 Å². The number of carbonyl (C=O) groups is 1. The monoisotopic (exact) mass is 609 g/mol. The van der Waals surface area contributed by atoms with E-state index in [9.17, 15) is 33.4 Å². The minimum Gasteiger partial charge on any atom is -0.507 e. The third kappa shape index (κ3) is 5.06. The van der Waals surface area contributed by atoms with Crippen LogP contribution in [0.4, 0.5) is 13.2 Å². The molecule has 4 heterocycles. The first kappa shape index (κ1) is 30.7. The highest BCUT2D eigenvalue weighted by molar-refractivity contribution is 5.91. The van der Waals surface area contributed by atoms with Gasteiger partial charge in [-0.05, 0) is 49.4 Å². The van der Waals surface area contributed by atoms with Gasteiger partial charge >= 0.3 is 11.1 Å². The Hall–Kier alpha value is -4.78. The molecule has 10 nitrogen and oxygen atoms in total. The van der Waals surface area contributed by atoms with Crippen molar-refractivity contribution in [3.63, 3.8) is 0 Å². The van der Waals surface area contributed by atoms with Crippen molar-refractivity contribution in [1.29, 1.82) is 0 Å². The standard InChI is InChI=1S/C31H30F3N5O5/c1-15(2)25-27(16(3)8-10-35-25)39-28-22(13-21(34)26(36-28)24-20(33)6-5-7-23(24)41)38(30(43)31(39)44)18-9-11-37(19(12-18)14-40)29(42)17(4)32/h5-8,10,13,15,18-19,40-41H,4,9,11-12,14H2,1-3H3/t18?,19-/m0/s1. The number of phenols is 1. The second-order valence-electron chi connectivity index (χ2n) is 11.0. The van der Waals surface area contributed by atoms with Crippen molar-refractivity contribution in [1.82, 2.24) is 24.0 Å². The normalized spacial score (nSPS) is 17.0. The zero-order chi connectivity index (χ0) is 32.0. The van der Waals surface area contributed by atoms with Gasteiger partial charge in [-0.25, -0.2) is 18.2 Å². The fourth-order valence-corrected chi connectivity index (χ4v) is 5.85. The first-order valence-electron chi connectivity index (χ1n) is 13.9. The Morgan fingerprint density at radius 3 is 2.52 bits per heavy atom. The summed E-state index contributed by atoms with van der Waals surface area (Å²) in [6, 6.07) is 4.23. The van der Waals surface area contributed by atoms with Gasteiger partial charge in [-0.15, -0.1) is 0 Å². The number of aryl methyl sites for hydroxylation is 1. The molecule has 1 aliphatic rings. The van der Waals surface area contributed by atoms with Crippen LogP contribution < -0.4 is 11.1 Å². The van der Waals surface area contributed by atoms with Crippen molar-refractivity contribution in [2.75, 3.05) is 13.2 Å². The van der Waals surface area contributed by atoms with Crippen molar-refractivity contribution in [3.8, 4) is 22.7 Å². The summed E-state index contributed by atoms with van der Waals surface area (Å²) in [7, 11) is 0. The van der Waals surface area contributed by atoms with Crippen molar-refractivity contribution in [3.05, 3.63) is 92.5 Å². The Labute approximate surface area is 249 Å². The van der Waals surface area contributed by atoms with Crippen LogP contribution >= 0.6 is 0 Å². The number of hydrogen-bond acceptors (Lipinski definition) is 7. The van der Waals surface area contributed by atoms with Crippen LogP contribution in [0.1, 0.15) is 49.9 Å². The number of halogens is 3. The van der Waals surface area contributed by atoms with E-state index >= 15 is 4.39 Å². The summed E-state index contributed by atoms with van der Waals surface area (Å²) < 4.78 is 46.6. The molecule has 4 aromatic rings. The van der Waals surface area contributed by atoms with Crippen molar-refractivity contribution >= 4 is 17.1 Å². The number of rotatable bonds is 6. The molecule has 3 aromatic heterocycles. The molecule has 2 N–H and O–H groups in total. The van der Waals surface area contributed by atoms with Gasteiger partial charge in [0.25, 0.3) is 5.91 Å². The number of carbonyl (C=O) groups excluding carboxylic acids is 1. The Morgan fingerprint density at radius 2 is 1.89 bits per heavy atom. The van der Waals surface area contributed by atoms with Crippen LogP contribution in [0.2, 0.25) is 0 Å². The van der Waals surface area contributed by atoms with Crippen molar-refractivity contribution < 1.29 is 28.2 Å². The molecule has 1 amide bonds. The summed E-state index contributed by atoms with van der Waals surface area (Å²) >= 11 is 0. The zero-order valence-electron chi connectivity index (χ0n) is 24.2. The van der Waals surface area contributed by atoms with Crippen LogP contribution in [-0.4, -0.2) is 59.3 Å². The van der Waals surface area contributed by atoms with Gasteiger partial charge in [-0.1, -0.05) is 26.5 Å². The molecule has 5 rings (SSSR count). The van der Waals surface area contributed by atoms with Gasteiger partial charge in [-0.2, -0.15) is 0 Å². The maximum absolute atomic E-state index is 15.9.